The minimum Gasteiger partial charge on any atom is -0.469 e. The summed E-state index contributed by atoms with van der Waals surface area (Å²) in [5, 5.41) is 13.2. The van der Waals surface area contributed by atoms with Crippen LogP contribution in [0.3, 0.4) is 0 Å². The molecule has 4 aliphatic rings. The molecule has 2 aliphatic heterocycles. The van der Waals surface area contributed by atoms with Gasteiger partial charge in [-0.25, -0.2) is 0 Å². The summed E-state index contributed by atoms with van der Waals surface area (Å²) in [5.41, 5.74) is 0.139. The summed E-state index contributed by atoms with van der Waals surface area (Å²) in [7, 11) is 1.41. The van der Waals surface area contributed by atoms with Crippen molar-refractivity contribution in [3.63, 3.8) is 0 Å². The Morgan fingerprint density at radius 3 is 2.81 bits per heavy atom. The van der Waals surface area contributed by atoms with E-state index in [2.05, 4.69) is 27.7 Å². The van der Waals surface area contributed by atoms with Crippen molar-refractivity contribution in [2.75, 3.05) is 13.7 Å². The summed E-state index contributed by atoms with van der Waals surface area (Å²) in [5.74, 6) is 0.357. The van der Waals surface area contributed by atoms with Crippen molar-refractivity contribution in [3.8, 4) is 6.19 Å². The minimum absolute atomic E-state index is 0.0121. The van der Waals surface area contributed by atoms with E-state index in [0.717, 1.165) is 31.5 Å². The number of hydrogen-bond acceptors (Lipinski definition) is 6. The van der Waals surface area contributed by atoms with Crippen molar-refractivity contribution < 1.29 is 9.53 Å². The number of likely N-dealkylation sites (tertiary alicyclic amines) is 1. The second kappa shape index (κ2) is 9.78. The molecular weight excluding hydrogens is 390 g/mol. The molecule has 3 atom stereocenters. The van der Waals surface area contributed by atoms with E-state index < -0.39 is 5.41 Å². The number of nitrogens with zero attached hydrogens (tertiary/aromatic N) is 4. The first-order valence-corrected chi connectivity index (χ1v) is 11.5. The highest BCUT2D eigenvalue weighted by Gasteiger charge is 2.53. The molecule has 0 aromatic rings. The molecule has 0 aromatic carbocycles. The summed E-state index contributed by atoms with van der Waals surface area (Å²) in [6.45, 7) is 0.820. The zero-order valence-electron chi connectivity index (χ0n) is 18.3. The van der Waals surface area contributed by atoms with Gasteiger partial charge in [-0.3, -0.25) is 15.1 Å². The molecule has 1 radical (unpaired) electrons. The molecular formula is C24H32N5O2. The van der Waals surface area contributed by atoms with Gasteiger partial charge in [-0.2, -0.15) is 10.3 Å². The van der Waals surface area contributed by atoms with Crippen LogP contribution in [0.2, 0.25) is 0 Å². The van der Waals surface area contributed by atoms with E-state index >= 15 is 0 Å². The standard InChI is InChI=1S/C24H32N5O2/c1-31-21(30)16-24(22-27-19-12-7-8-13-20(19)28-22)14-9-15-29(23(24)26-17-25)18-10-5-3-2-4-6-11-18/h7-8,12-14,18-19,22,27H,2-6,9-11,15-16H2,1H3. The average molecular weight is 423 g/mol. The highest BCUT2D eigenvalue weighted by molar-refractivity contribution is 6.04. The van der Waals surface area contributed by atoms with Crippen molar-refractivity contribution >= 4 is 17.5 Å². The second-order valence-electron chi connectivity index (χ2n) is 8.86. The zero-order valence-corrected chi connectivity index (χ0v) is 18.3. The number of methoxy groups -OCH3 is 1. The van der Waals surface area contributed by atoms with Gasteiger partial charge in [-0.1, -0.05) is 50.3 Å². The number of carbonyl (C=O) groups excluding carboxylic acids is 1. The number of fused-ring (bicyclic) bond motifs is 1. The average Bonchev–Trinajstić information content (AvgIpc) is 3.20. The van der Waals surface area contributed by atoms with Crippen molar-refractivity contribution in [2.24, 2.45) is 15.4 Å². The Balaban J connectivity index is 1.71. The lowest BCUT2D eigenvalue weighted by Crippen LogP contribution is -2.60. The van der Waals surface area contributed by atoms with E-state index in [4.69, 9.17) is 9.73 Å². The predicted octanol–water partition coefficient (Wildman–Crippen LogP) is 3.30. The lowest BCUT2D eigenvalue weighted by molar-refractivity contribution is -0.142. The lowest BCUT2D eigenvalue weighted by Gasteiger charge is -2.49. The summed E-state index contributed by atoms with van der Waals surface area (Å²) < 4.78 is 5.08. The molecule has 0 bridgehead atoms. The molecule has 3 unspecified atom stereocenters. The van der Waals surface area contributed by atoms with E-state index in [9.17, 15) is 10.1 Å². The maximum atomic E-state index is 12.6. The van der Waals surface area contributed by atoms with E-state index in [-0.39, 0.29) is 24.6 Å². The number of rotatable bonds is 4. The Hall–Kier alpha value is -2.46. The lowest BCUT2D eigenvalue weighted by atomic mass is 9.72. The number of hydrogen-bond donors (Lipinski definition) is 1. The van der Waals surface area contributed by atoms with Gasteiger partial charge >= 0.3 is 5.97 Å². The zero-order chi connectivity index (χ0) is 21.7. The first-order valence-electron chi connectivity index (χ1n) is 11.5. The van der Waals surface area contributed by atoms with Gasteiger partial charge in [0.15, 0.2) is 0 Å². The van der Waals surface area contributed by atoms with Crippen LogP contribution < -0.4 is 5.32 Å². The SMILES string of the molecule is COC(=O)CC1(C2N=C3C=CC=CC3N2)[CH]CCN(C2CCCCCCC2)C1=NC#N. The fourth-order valence-corrected chi connectivity index (χ4v) is 5.45. The molecule has 4 rings (SSSR count). The molecule has 1 N–H and O–H groups in total. The number of nitrogens with one attached hydrogen (secondary N) is 1. The molecule has 1 saturated carbocycles. The van der Waals surface area contributed by atoms with Crippen LogP contribution in [0, 0.1) is 23.3 Å². The van der Waals surface area contributed by atoms with Crippen molar-refractivity contribution in [1.29, 1.82) is 5.26 Å². The quantitative estimate of drug-likeness (QED) is 0.555. The fourth-order valence-electron chi connectivity index (χ4n) is 5.45. The van der Waals surface area contributed by atoms with Crippen LogP contribution in [0.25, 0.3) is 0 Å². The fraction of sp³-hybridized carbons (Fsp3) is 0.625. The van der Waals surface area contributed by atoms with Crippen LogP contribution >= 0.6 is 0 Å². The maximum Gasteiger partial charge on any atom is 0.306 e. The van der Waals surface area contributed by atoms with Gasteiger partial charge in [0, 0.05) is 12.6 Å². The van der Waals surface area contributed by atoms with Crippen LogP contribution in [0.5, 0.6) is 0 Å². The third kappa shape index (κ3) is 4.45. The topological polar surface area (TPSA) is 90.1 Å². The van der Waals surface area contributed by atoms with Crippen LogP contribution in [0.1, 0.15) is 57.8 Å². The second-order valence-corrected chi connectivity index (χ2v) is 8.86. The number of aliphatic imine (C=N–C) groups is 2. The van der Waals surface area contributed by atoms with Crippen LogP contribution in [0.15, 0.2) is 34.3 Å². The molecule has 2 aliphatic carbocycles. The van der Waals surface area contributed by atoms with Gasteiger partial charge in [0.1, 0.15) is 12.0 Å². The van der Waals surface area contributed by atoms with Crippen molar-refractivity contribution in [2.45, 2.75) is 76.0 Å². The summed E-state index contributed by atoms with van der Waals surface area (Å²) in [6, 6.07) is 0.354. The van der Waals surface area contributed by atoms with E-state index in [0.29, 0.717) is 11.9 Å². The molecule has 0 spiro atoms. The number of piperidine rings is 1. The Bertz CT molecular complexity index is 831. The summed E-state index contributed by atoms with van der Waals surface area (Å²) in [6.07, 6.45) is 21.2. The van der Waals surface area contributed by atoms with Crippen LogP contribution in [0.4, 0.5) is 0 Å². The highest BCUT2D eigenvalue weighted by Crippen LogP contribution is 2.43. The first-order chi connectivity index (χ1) is 15.2. The van der Waals surface area contributed by atoms with E-state index in [1.807, 2.05) is 24.4 Å². The molecule has 31 heavy (non-hydrogen) atoms. The third-order valence-electron chi connectivity index (χ3n) is 7.01. The Morgan fingerprint density at radius 1 is 1.32 bits per heavy atom. The minimum atomic E-state index is -0.810. The number of allylic oxidation sites excluding steroid dienone is 2. The van der Waals surface area contributed by atoms with E-state index in [1.165, 1.54) is 39.2 Å². The summed E-state index contributed by atoms with van der Waals surface area (Å²) >= 11 is 0. The smallest absolute Gasteiger partial charge is 0.306 e. The van der Waals surface area contributed by atoms with Gasteiger partial charge in [0.25, 0.3) is 0 Å². The van der Waals surface area contributed by atoms with Gasteiger partial charge in [-0.05, 0) is 31.8 Å². The monoisotopic (exact) mass is 422 g/mol. The molecule has 7 nitrogen and oxygen atoms in total. The molecule has 2 fully saturated rings. The van der Waals surface area contributed by atoms with Crippen molar-refractivity contribution in [3.05, 3.63) is 30.7 Å². The molecule has 0 aromatic heterocycles. The number of ether oxygens (including phenoxy) is 1. The number of carbonyl (C=O) groups is 1. The molecule has 165 valence electrons. The normalized spacial score (nSPS) is 32.7. The Kier molecular flexibility index (Phi) is 6.86. The first kappa shape index (κ1) is 21.8. The maximum absolute atomic E-state index is 12.6. The number of esters is 1. The van der Waals surface area contributed by atoms with Gasteiger partial charge in [-0.15, -0.1) is 0 Å². The van der Waals surface area contributed by atoms with Crippen LogP contribution in [-0.2, 0) is 9.53 Å². The van der Waals surface area contributed by atoms with Gasteiger partial charge in [0.2, 0.25) is 6.19 Å². The number of amidine groups is 1. The van der Waals surface area contributed by atoms with Crippen molar-refractivity contribution in [1.82, 2.24) is 10.2 Å². The Morgan fingerprint density at radius 2 is 2.10 bits per heavy atom. The largest absolute Gasteiger partial charge is 0.469 e. The molecule has 2 heterocycles. The van der Waals surface area contributed by atoms with Gasteiger partial charge in [0.05, 0.1) is 30.7 Å². The molecule has 7 heteroatoms. The summed E-state index contributed by atoms with van der Waals surface area (Å²) in [4.78, 5) is 24.2. The van der Waals surface area contributed by atoms with E-state index in [1.54, 1.807) is 0 Å². The Labute approximate surface area is 184 Å². The molecule has 0 amide bonds. The predicted molar refractivity (Wildman–Crippen MR) is 120 cm³/mol. The van der Waals surface area contributed by atoms with Gasteiger partial charge < -0.3 is 9.64 Å². The third-order valence-corrected chi connectivity index (χ3v) is 7.01. The molecule has 1 saturated heterocycles. The van der Waals surface area contributed by atoms with Crippen LogP contribution in [-0.4, -0.2) is 54.3 Å². The number of nitriles is 1. The highest BCUT2D eigenvalue weighted by atomic mass is 16.5.